The first-order valence-corrected chi connectivity index (χ1v) is 7.88. The van der Waals surface area contributed by atoms with Gasteiger partial charge in [-0.25, -0.2) is 4.79 Å². The van der Waals surface area contributed by atoms with E-state index in [0.29, 0.717) is 17.8 Å². The van der Waals surface area contributed by atoms with Crippen molar-refractivity contribution < 1.29 is 23.5 Å². The number of nitrogens with one attached hydrogen (secondary N) is 1. The molecule has 1 aromatic heterocycles. The third kappa shape index (κ3) is 4.58. The lowest BCUT2D eigenvalue weighted by atomic mass is 10.1. The fraction of sp³-hybridized carbons (Fsp3) is 0.444. The maximum atomic E-state index is 12.3. The minimum Gasteiger partial charge on any atom is -0.450 e. The number of carbonyl (C=O) groups excluding carboxylic acids is 2. The summed E-state index contributed by atoms with van der Waals surface area (Å²) in [6.45, 7) is 7.83. The van der Waals surface area contributed by atoms with Crippen LogP contribution in [0.1, 0.15) is 43.8 Å². The molecule has 0 aliphatic heterocycles. The highest BCUT2D eigenvalue weighted by Gasteiger charge is 2.23. The Morgan fingerprint density at radius 3 is 2.58 bits per heavy atom. The highest BCUT2D eigenvalue weighted by Crippen LogP contribution is 2.27. The molecule has 130 valence electrons. The van der Waals surface area contributed by atoms with Crippen molar-refractivity contribution >= 4 is 22.8 Å². The van der Waals surface area contributed by atoms with Crippen molar-refractivity contribution in [1.82, 2.24) is 5.32 Å². The Kier molecular flexibility index (Phi) is 5.62. The van der Waals surface area contributed by atoms with E-state index in [1.807, 2.05) is 45.9 Å². The van der Waals surface area contributed by atoms with Gasteiger partial charge in [0.05, 0.1) is 6.61 Å². The average Bonchev–Trinajstić information content (AvgIpc) is 2.87. The summed E-state index contributed by atoms with van der Waals surface area (Å²) >= 11 is 0. The number of furan rings is 1. The van der Waals surface area contributed by atoms with E-state index in [0.717, 1.165) is 5.39 Å². The van der Waals surface area contributed by atoms with Crippen LogP contribution >= 0.6 is 0 Å². The highest BCUT2D eigenvalue weighted by atomic mass is 16.5. The first kappa shape index (κ1) is 18.0. The molecule has 24 heavy (non-hydrogen) atoms. The molecule has 1 aromatic carbocycles. The number of hydrogen-bond acceptors (Lipinski definition) is 5. The van der Waals surface area contributed by atoms with Gasteiger partial charge < -0.3 is 19.2 Å². The lowest BCUT2D eigenvalue weighted by Gasteiger charge is -2.20. The van der Waals surface area contributed by atoms with E-state index in [1.165, 1.54) is 0 Å². The molecule has 2 rings (SSSR count). The molecule has 0 bridgehead atoms. The van der Waals surface area contributed by atoms with Gasteiger partial charge in [-0.05, 0) is 33.8 Å². The molecule has 6 heteroatoms. The van der Waals surface area contributed by atoms with E-state index in [2.05, 4.69) is 5.32 Å². The number of hydrogen-bond donors (Lipinski definition) is 1. The van der Waals surface area contributed by atoms with Crippen LogP contribution in [-0.4, -0.2) is 30.6 Å². The van der Waals surface area contributed by atoms with E-state index in [1.54, 1.807) is 6.07 Å². The number of benzene rings is 1. The number of fused-ring (bicyclic) bond motifs is 1. The predicted octanol–water partition coefficient (Wildman–Crippen LogP) is 3.04. The molecular weight excluding hydrogens is 310 g/mol. The van der Waals surface area contributed by atoms with Crippen LogP contribution < -0.4 is 5.32 Å². The molecule has 2 aromatic rings. The van der Waals surface area contributed by atoms with Gasteiger partial charge in [0.1, 0.15) is 5.58 Å². The monoisotopic (exact) mass is 333 g/mol. The first-order valence-electron chi connectivity index (χ1n) is 7.88. The number of rotatable bonds is 6. The molecule has 1 amide bonds. The van der Waals surface area contributed by atoms with Gasteiger partial charge in [0.25, 0.3) is 5.91 Å². The number of ether oxygens (including phenoxy) is 2. The van der Waals surface area contributed by atoms with Crippen molar-refractivity contribution in [1.29, 1.82) is 0 Å². The second-order valence-electron chi connectivity index (χ2n) is 6.42. The number of carbonyl (C=O) groups is 2. The quantitative estimate of drug-likeness (QED) is 0.822. The zero-order chi connectivity index (χ0) is 17.7. The molecule has 0 radical (unpaired) electrons. The molecule has 0 saturated carbocycles. The summed E-state index contributed by atoms with van der Waals surface area (Å²) in [6.07, 6.45) is 0. The number of esters is 1. The number of amides is 1. The Morgan fingerprint density at radius 2 is 1.92 bits per heavy atom. The van der Waals surface area contributed by atoms with Crippen LogP contribution in [0, 0.1) is 0 Å². The maximum absolute atomic E-state index is 12.3. The van der Waals surface area contributed by atoms with E-state index in [-0.39, 0.29) is 30.4 Å². The average molecular weight is 333 g/mol. The summed E-state index contributed by atoms with van der Waals surface area (Å²) in [7, 11) is 0. The van der Waals surface area contributed by atoms with Crippen LogP contribution in [-0.2, 0) is 20.9 Å². The van der Waals surface area contributed by atoms with Crippen LogP contribution in [0.2, 0.25) is 0 Å². The zero-order valence-corrected chi connectivity index (χ0v) is 14.5. The van der Waals surface area contributed by atoms with Gasteiger partial charge in [0.15, 0.2) is 6.61 Å². The van der Waals surface area contributed by atoms with Gasteiger partial charge >= 0.3 is 5.97 Å². The minimum atomic E-state index is -0.676. The molecule has 0 saturated heterocycles. The molecule has 0 fully saturated rings. The lowest BCUT2D eigenvalue weighted by molar-refractivity contribution is -0.125. The molecule has 0 aliphatic rings. The van der Waals surface area contributed by atoms with Gasteiger partial charge in [-0.3, -0.25) is 4.79 Å². The van der Waals surface area contributed by atoms with Crippen molar-refractivity contribution in [3.8, 4) is 0 Å². The topological polar surface area (TPSA) is 77.8 Å². The van der Waals surface area contributed by atoms with Crippen LogP contribution in [0.25, 0.3) is 11.0 Å². The van der Waals surface area contributed by atoms with E-state index < -0.39 is 5.97 Å². The van der Waals surface area contributed by atoms with Crippen molar-refractivity contribution in [2.45, 2.75) is 39.8 Å². The Bertz CT molecular complexity index is 727. The van der Waals surface area contributed by atoms with Crippen molar-refractivity contribution in [2.24, 2.45) is 0 Å². The molecule has 0 atom stereocenters. The van der Waals surface area contributed by atoms with Crippen molar-refractivity contribution in [3.63, 3.8) is 0 Å². The Hall–Kier alpha value is -2.34. The van der Waals surface area contributed by atoms with E-state index in [4.69, 9.17) is 13.9 Å². The van der Waals surface area contributed by atoms with E-state index in [9.17, 15) is 9.59 Å². The Balaban J connectivity index is 2.15. The molecule has 1 heterocycles. The third-order valence-corrected chi connectivity index (χ3v) is 3.18. The zero-order valence-electron chi connectivity index (χ0n) is 14.5. The summed E-state index contributed by atoms with van der Waals surface area (Å²) in [5, 5.41) is 3.53. The molecule has 6 nitrogen and oxygen atoms in total. The second kappa shape index (κ2) is 7.49. The lowest BCUT2D eigenvalue weighted by Crippen LogP contribution is -2.42. The Morgan fingerprint density at radius 1 is 1.21 bits per heavy atom. The van der Waals surface area contributed by atoms with Gasteiger partial charge in [-0.2, -0.15) is 0 Å². The molecule has 0 spiro atoms. The van der Waals surface area contributed by atoms with Gasteiger partial charge in [0.2, 0.25) is 5.76 Å². The summed E-state index contributed by atoms with van der Waals surface area (Å²) in [6, 6.07) is 7.31. The van der Waals surface area contributed by atoms with Crippen molar-refractivity contribution in [2.75, 3.05) is 13.2 Å². The van der Waals surface area contributed by atoms with Gasteiger partial charge in [-0.1, -0.05) is 18.2 Å². The standard InChI is InChI=1S/C18H23NO5/c1-5-22-10-13-12-8-6-7-9-14(12)24-16(13)17(21)23-11-15(20)19-18(2,3)4/h6-9H,5,10-11H2,1-4H3,(H,19,20). The smallest absolute Gasteiger partial charge is 0.375 e. The van der Waals surface area contributed by atoms with E-state index >= 15 is 0 Å². The summed E-state index contributed by atoms with van der Waals surface area (Å²) in [5.41, 5.74) is 0.829. The van der Waals surface area contributed by atoms with Crippen LogP contribution in [0.3, 0.4) is 0 Å². The third-order valence-electron chi connectivity index (χ3n) is 3.18. The summed E-state index contributed by atoms with van der Waals surface area (Å²) in [4.78, 5) is 24.1. The van der Waals surface area contributed by atoms with Crippen LogP contribution in [0.4, 0.5) is 0 Å². The fourth-order valence-electron chi connectivity index (χ4n) is 2.26. The second-order valence-corrected chi connectivity index (χ2v) is 6.42. The SMILES string of the molecule is CCOCc1c(C(=O)OCC(=O)NC(C)(C)C)oc2ccccc12. The first-order chi connectivity index (χ1) is 11.3. The Labute approximate surface area is 141 Å². The number of para-hydroxylation sites is 1. The highest BCUT2D eigenvalue weighted by molar-refractivity contribution is 5.96. The summed E-state index contributed by atoms with van der Waals surface area (Å²) in [5.74, 6) is -0.962. The van der Waals surface area contributed by atoms with Gasteiger partial charge in [0, 0.05) is 23.1 Å². The van der Waals surface area contributed by atoms with Crippen LogP contribution in [0.15, 0.2) is 28.7 Å². The predicted molar refractivity (Wildman–Crippen MR) is 89.7 cm³/mol. The minimum absolute atomic E-state index is 0.0770. The van der Waals surface area contributed by atoms with Crippen molar-refractivity contribution in [3.05, 3.63) is 35.6 Å². The van der Waals surface area contributed by atoms with Gasteiger partial charge in [-0.15, -0.1) is 0 Å². The largest absolute Gasteiger partial charge is 0.450 e. The molecule has 1 N–H and O–H groups in total. The molecular formula is C18H23NO5. The maximum Gasteiger partial charge on any atom is 0.375 e. The van der Waals surface area contributed by atoms with Crippen LogP contribution in [0.5, 0.6) is 0 Å². The normalized spacial score (nSPS) is 11.5. The molecule has 0 unspecified atom stereocenters. The fourth-order valence-corrected chi connectivity index (χ4v) is 2.26. The summed E-state index contributed by atoms with van der Waals surface area (Å²) < 4.78 is 16.1. The molecule has 0 aliphatic carbocycles.